The molecule has 0 bridgehead atoms. The van der Waals surface area contributed by atoms with Gasteiger partial charge in [0.1, 0.15) is 11.6 Å². The van der Waals surface area contributed by atoms with E-state index in [1.54, 1.807) is 48.5 Å². The van der Waals surface area contributed by atoms with Crippen molar-refractivity contribution >= 4 is 23.5 Å². The SMILES string of the molecule is CC(=O)Oc1cccc(C(=O)Nc2cccc(CNC(=O)CCc3ccc(F)cc3)c2)c1. The Morgan fingerprint density at radius 1 is 0.906 bits per heavy atom. The van der Waals surface area contributed by atoms with Crippen molar-refractivity contribution in [3.63, 3.8) is 0 Å². The number of carbonyl (C=O) groups is 3. The quantitative estimate of drug-likeness (QED) is 0.410. The summed E-state index contributed by atoms with van der Waals surface area (Å²) in [5, 5.41) is 5.64. The molecule has 0 heterocycles. The first kappa shape index (κ1) is 22.7. The standard InChI is InChI=1S/C25H23FN2O4/c1-17(29)32-23-7-3-5-20(15-23)25(31)28-22-6-2-4-19(14-22)16-27-24(30)13-10-18-8-11-21(26)12-9-18/h2-9,11-12,14-15H,10,13,16H2,1H3,(H,27,30)(H,28,31). The molecule has 3 aromatic carbocycles. The van der Waals surface area contributed by atoms with E-state index >= 15 is 0 Å². The van der Waals surface area contributed by atoms with E-state index < -0.39 is 5.97 Å². The molecule has 0 unspecified atom stereocenters. The second-order valence-electron chi connectivity index (χ2n) is 7.18. The maximum absolute atomic E-state index is 12.9. The molecule has 0 saturated carbocycles. The minimum absolute atomic E-state index is 0.119. The second-order valence-corrected chi connectivity index (χ2v) is 7.18. The molecule has 0 aromatic heterocycles. The third-order valence-electron chi connectivity index (χ3n) is 4.59. The Bertz CT molecular complexity index is 1110. The lowest BCUT2D eigenvalue weighted by atomic mass is 10.1. The number of ether oxygens (including phenoxy) is 1. The molecule has 0 saturated heterocycles. The molecule has 3 aromatic rings. The Morgan fingerprint density at radius 3 is 2.41 bits per heavy atom. The zero-order valence-corrected chi connectivity index (χ0v) is 17.6. The summed E-state index contributed by atoms with van der Waals surface area (Å²) in [7, 11) is 0. The number of halogens is 1. The van der Waals surface area contributed by atoms with Crippen LogP contribution in [0.3, 0.4) is 0 Å². The van der Waals surface area contributed by atoms with Gasteiger partial charge in [-0.05, 0) is 60.0 Å². The lowest BCUT2D eigenvalue weighted by molar-refractivity contribution is -0.131. The van der Waals surface area contributed by atoms with E-state index in [-0.39, 0.29) is 17.6 Å². The normalized spacial score (nSPS) is 10.3. The van der Waals surface area contributed by atoms with Crippen molar-refractivity contribution < 1.29 is 23.5 Å². The van der Waals surface area contributed by atoms with Crippen molar-refractivity contribution in [1.29, 1.82) is 0 Å². The highest BCUT2D eigenvalue weighted by molar-refractivity contribution is 6.04. The van der Waals surface area contributed by atoms with Crippen LogP contribution < -0.4 is 15.4 Å². The number of rotatable bonds is 8. The summed E-state index contributed by atoms with van der Waals surface area (Å²) in [6.45, 7) is 1.60. The zero-order valence-electron chi connectivity index (χ0n) is 17.6. The number of amides is 2. The van der Waals surface area contributed by atoms with E-state index in [0.29, 0.717) is 36.4 Å². The lowest BCUT2D eigenvalue weighted by Gasteiger charge is -2.10. The average Bonchev–Trinajstić information content (AvgIpc) is 2.77. The average molecular weight is 434 g/mol. The van der Waals surface area contributed by atoms with Gasteiger partial charge in [0, 0.05) is 31.1 Å². The molecule has 0 aliphatic carbocycles. The van der Waals surface area contributed by atoms with Crippen LogP contribution in [-0.4, -0.2) is 17.8 Å². The highest BCUT2D eigenvalue weighted by Gasteiger charge is 2.09. The number of esters is 1. The molecule has 0 aliphatic heterocycles. The Balaban J connectivity index is 1.52. The summed E-state index contributed by atoms with van der Waals surface area (Å²) < 4.78 is 17.9. The molecule has 0 aliphatic rings. The summed E-state index contributed by atoms with van der Waals surface area (Å²) in [6, 6.07) is 19.6. The molecule has 0 fully saturated rings. The molecule has 164 valence electrons. The molecular weight excluding hydrogens is 411 g/mol. The number of anilines is 1. The van der Waals surface area contributed by atoms with Gasteiger partial charge < -0.3 is 15.4 Å². The Kier molecular flexibility index (Phi) is 7.70. The summed E-state index contributed by atoms with van der Waals surface area (Å²) in [4.78, 5) is 35.7. The first-order chi connectivity index (χ1) is 15.4. The van der Waals surface area contributed by atoms with E-state index in [9.17, 15) is 18.8 Å². The Labute approximate surface area is 185 Å². The minimum atomic E-state index is -0.463. The smallest absolute Gasteiger partial charge is 0.308 e. The number of benzene rings is 3. The van der Waals surface area contributed by atoms with Crippen LogP contribution in [0.1, 0.15) is 34.8 Å². The van der Waals surface area contributed by atoms with E-state index in [2.05, 4.69) is 10.6 Å². The highest BCUT2D eigenvalue weighted by Crippen LogP contribution is 2.17. The number of hydrogen-bond acceptors (Lipinski definition) is 4. The van der Waals surface area contributed by atoms with Gasteiger partial charge in [0.05, 0.1) is 0 Å². The van der Waals surface area contributed by atoms with Crippen molar-refractivity contribution in [2.24, 2.45) is 0 Å². The summed E-state index contributed by atoms with van der Waals surface area (Å²) in [5.41, 5.74) is 2.64. The Morgan fingerprint density at radius 2 is 1.66 bits per heavy atom. The van der Waals surface area contributed by atoms with Gasteiger partial charge in [-0.3, -0.25) is 14.4 Å². The first-order valence-electron chi connectivity index (χ1n) is 10.1. The van der Waals surface area contributed by atoms with Crippen LogP contribution in [0.4, 0.5) is 10.1 Å². The van der Waals surface area contributed by atoms with Crippen LogP contribution >= 0.6 is 0 Å². The first-order valence-corrected chi connectivity index (χ1v) is 10.1. The predicted octanol–water partition coefficient (Wildman–Crippen LogP) is 4.25. The van der Waals surface area contributed by atoms with Gasteiger partial charge in [-0.15, -0.1) is 0 Å². The number of nitrogens with one attached hydrogen (secondary N) is 2. The molecule has 32 heavy (non-hydrogen) atoms. The summed E-state index contributed by atoms with van der Waals surface area (Å²) >= 11 is 0. The third-order valence-corrected chi connectivity index (χ3v) is 4.59. The third kappa shape index (κ3) is 7.05. The van der Waals surface area contributed by atoms with Gasteiger partial charge in [-0.25, -0.2) is 4.39 Å². The van der Waals surface area contributed by atoms with Gasteiger partial charge >= 0.3 is 5.97 Å². The fourth-order valence-corrected chi connectivity index (χ4v) is 3.03. The monoisotopic (exact) mass is 434 g/mol. The molecule has 0 atom stereocenters. The van der Waals surface area contributed by atoms with Crippen LogP contribution in [0.15, 0.2) is 72.8 Å². The van der Waals surface area contributed by atoms with Crippen molar-refractivity contribution in [3.8, 4) is 5.75 Å². The van der Waals surface area contributed by atoms with E-state index in [0.717, 1.165) is 11.1 Å². The number of carbonyl (C=O) groups excluding carboxylic acids is 3. The van der Waals surface area contributed by atoms with Crippen molar-refractivity contribution in [1.82, 2.24) is 5.32 Å². The van der Waals surface area contributed by atoms with Crippen LogP contribution in [0.5, 0.6) is 5.75 Å². The molecule has 3 rings (SSSR count). The van der Waals surface area contributed by atoms with E-state index in [1.165, 1.54) is 25.1 Å². The summed E-state index contributed by atoms with van der Waals surface area (Å²) in [6.07, 6.45) is 0.815. The van der Waals surface area contributed by atoms with Crippen LogP contribution in [0.25, 0.3) is 0 Å². The van der Waals surface area contributed by atoms with Crippen molar-refractivity contribution in [2.75, 3.05) is 5.32 Å². The molecule has 6 nitrogen and oxygen atoms in total. The number of hydrogen-bond donors (Lipinski definition) is 2. The van der Waals surface area contributed by atoms with Gasteiger partial charge in [-0.1, -0.05) is 30.3 Å². The van der Waals surface area contributed by atoms with Gasteiger partial charge in [0.15, 0.2) is 0 Å². The van der Waals surface area contributed by atoms with Crippen molar-refractivity contribution in [2.45, 2.75) is 26.3 Å². The van der Waals surface area contributed by atoms with Crippen molar-refractivity contribution in [3.05, 3.63) is 95.3 Å². The lowest BCUT2D eigenvalue weighted by Crippen LogP contribution is -2.23. The minimum Gasteiger partial charge on any atom is -0.427 e. The fraction of sp³-hybridized carbons (Fsp3) is 0.160. The van der Waals surface area contributed by atoms with E-state index in [4.69, 9.17) is 4.74 Å². The molecule has 7 heteroatoms. The van der Waals surface area contributed by atoms with Gasteiger partial charge in [0.25, 0.3) is 5.91 Å². The van der Waals surface area contributed by atoms with Crippen LogP contribution in [0.2, 0.25) is 0 Å². The molecule has 0 spiro atoms. The fourth-order valence-electron chi connectivity index (χ4n) is 3.03. The molecule has 0 radical (unpaired) electrons. The summed E-state index contributed by atoms with van der Waals surface area (Å²) in [5.74, 6) is -0.940. The van der Waals surface area contributed by atoms with E-state index in [1.807, 2.05) is 6.07 Å². The van der Waals surface area contributed by atoms with Crippen LogP contribution in [-0.2, 0) is 22.6 Å². The molecule has 2 amide bonds. The van der Waals surface area contributed by atoms with Crippen LogP contribution in [0, 0.1) is 5.82 Å². The largest absolute Gasteiger partial charge is 0.427 e. The Hall–Kier alpha value is -4.00. The second kappa shape index (κ2) is 10.9. The topological polar surface area (TPSA) is 84.5 Å². The maximum Gasteiger partial charge on any atom is 0.308 e. The molecular formula is C25H23FN2O4. The molecule has 2 N–H and O–H groups in total. The predicted molar refractivity (Wildman–Crippen MR) is 119 cm³/mol. The maximum atomic E-state index is 12.9. The highest BCUT2D eigenvalue weighted by atomic mass is 19.1. The number of aryl methyl sites for hydroxylation is 1. The van der Waals surface area contributed by atoms with Gasteiger partial charge in [0.2, 0.25) is 5.91 Å². The zero-order chi connectivity index (χ0) is 22.9. The van der Waals surface area contributed by atoms with Gasteiger partial charge in [-0.2, -0.15) is 0 Å².